The minimum atomic E-state index is -3.05. The highest BCUT2D eigenvalue weighted by Gasteiger charge is 2.27. The van der Waals surface area contributed by atoms with Gasteiger partial charge in [-0.05, 0) is 50.5 Å². The van der Waals surface area contributed by atoms with Gasteiger partial charge in [0.25, 0.3) is 12.3 Å². The van der Waals surface area contributed by atoms with E-state index in [-0.39, 0.29) is 34.7 Å². The average molecular weight is 614 g/mol. The molecular weight excluding hydrogens is 587 g/mol. The second-order valence-corrected chi connectivity index (χ2v) is 10.6. The summed E-state index contributed by atoms with van der Waals surface area (Å²) in [7, 11) is 0. The molecule has 1 aromatic carbocycles. The van der Waals surface area contributed by atoms with Crippen molar-refractivity contribution in [2.24, 2.45) is 0 Å². The van der Waals surface area contributed by atoms with Gasteiger partial charge in [0.15, 0.2) is 11.5 Å². The van der Waals surface area contributed by atoms with Crippen LogP contribution in [0.5, 0.6) is 0 Å². The summed E-state index contributed by atoms with van der Waals surface area (Å²) < 4.78 is 43.9. The largest absolute Gasteiger partial charge is 0.387 e. The lowest BCUT2D eigenvalue weighted by Crippen LogP contribution is -2.25. The molecule has 0 spiro atoms. The molecule has 10 nitrogen and oxygen atoms in total. The van der Waals surface area contributed by atoms with Crippen LogP contribution in [0.4, 0.5) is 24.7 Å². The van der Waals surface area contributed by atoms with Crippen molar-refractivity contribution in [1.29, 1.82) is 0 Å². The van der Waals surface area contributed by atoms with Gasteiger partial charge >= 0.3 is 0 Å². The summed E-state index contributed by atoms with van der Waals surface area (Å²) in [5.74, 6) is -1.28. The molecule has 1 fully saturated rings. The molecule has 5 rings (SSSR count). The van der Waals surface area contributed by atoms with E-state index in [0.29, 0.717) is 18.8 Å². The van der Waals surface area contributed by atoms with Gasteiger partial charge in [-0.2, -0.15) is 5.10 Å². The SMILES string of the molecule is Cc1cc(C(C)n2cc(NC(=O)c3nc(-c4c(C(F)F)ccc(Cl)c4F)cnc3C(C)O)cn2)cnc1N1CCCC1=O. The van der Waals surface area contributed by atoms with E-state index in [0.717, 1.165) is 35.9 Å². The van der Waals surface area contributed by atoms with Crippen molar-refractivity contribution in [3.05, 3.63) is 81.9 Å². The number of aliphatic hydroxyl groups excluding tert-OH is 1. The maximum absolute atomic E-state index is 14.9. The molecule has 4 aromatic rings. The number of hydrogen-bond donors (Lipinski definition) is 2. The molecule has 0 aliphatic carbocycles. The van der Waals surface area contributed by atoms with Crippen molar-refractivity contribution in [2.75, 3.05) is 16.8 Å². The Labute approximate surface area is 249 Å². The number of amides is 2. The number of rotatable bonds is 8. The Balaban J connectivity index is 1.40. The van der Waals surface area contributed by atoms with Crippen molar-refractivity contribution in [1.82, 2.24) is 24.7 Å². The van der Waals surface area contributed by atoms with E-state index in [2.05, 4.69) is 25.4 Å². The smallest absolute Gasteiger partial charge is 0.276 e. The maximum atomic E-state index is 14.9. The van der Waals surface area contributed by atoms with Crippen LogP contribution >= 0.6 is 11.6 Å². The summed E-state index contributed by atoms with van der Waals surface area (Å²) in [6, 6.07) is 3.61. The molecular formula is C29H27ClF3N7O3. The molecule has 2 atom stereocenters. The van der Waals surface area contributed by atoms with Crippen LogP contribution in [-0.4, -0.2) is 48.2 Å². The zero-order valence-corrected chi connectivity index (χ0v) is 24.1. The number of alkyl halides is 2. The van der Waals surface area contributed by atoms with E-state index in [4.69, 9.17) is 11.6 Å². The number of carbonyl (C=O) groups is 2. The second kappa shape index (κ2) is 12.1. The quantitative estimate of drug-likeness (QED) is 0.257. The highest BCUT2D eigenvalue weighted by atomic mass is 35.5. The first-order valence-corrected chi connectivity index (χ1v) is 13.8. The fourth-order valence-corrected chi connectivity index (χ4v) is 5.09. The summed E-state index contributed by atoms with van der Waals surface area (Å²) in [6.07, 6.45) is 2.64. The fourth-order valence-electron chi connectivity index (χ4n) is 4.93. The van der Waals surface area contributed by atoms with Crippen LogP contribution in [0, 0.1) is 12.7 Å². The van der Waals surface area contributed by atoms with E-state index >= 15 is 0 Å². The number of carbonyl (C=O) groups excluding carboxylic acids is 2. The molecule has 2 amide bonds. The first kappa shape index (κ1) is 30.1. The summed E-state index contributed by atoms with van der Waals surface area (Å²) in [5.41, 5.74) is -0.208. The van der Waals surface area contributed by atoms with Crippen molar-refractivity contribution in [2.45, 2.75) is 52.2 Å². The van der Waals surface area contributed by atoms with Gasteiger partial charge in [0.2, 0.25) is 5.91 Å². The number of aryl methyl sites for hydroxylation is 1. The number of benzene rings is 1. The number of halogens is 4. The zero-order chi connectivity index (χ0) is 31.0. The number of nitrogens with zero attached hydrogens (tertiary/aromatic N) is 6. The molecule has 0 saturated carbocycles. The van der Waals surface area contributed by atoms with Gasteiger partial charge in [-0.15, -0.1) is 0 Å². The summed E-state index contributed by atoms with van der Waals surface area (Å²) in [4.78, 5) is 39.8. The lowest BCUT2D eigenvalue weighted by molar-refractivity contribution is -0.117. The van der Waals surface area contributed by atoms with Gasteiger partial charge in [-0.3, -0.25) is 24.2 Å². The topological polar surface area (TPSA) is 126 Å². The number of aromatic nitrogens is 5. The Hall–Kier alpha value is -4.36. The molecule has 1 saturated heterocycles. The van der Waals surface area contributed by atoms with Crippen LogP contribution in [0.25, 0.3) is 11.3 Å². The van der Waals surface area contributed by atoms with Crippen LogP contribution in [-0.2, 0) is 4.79 Å². The Morgan fingerprint density at radius 2 is 1.93 bits per heavy atom. The van der Waals surface area contributed by atoms with Crippen LogP contribution in [0.3, 0.4) is 0 Å². The monoisotopic (exact) mass is 613 g/mol. The van der Waals surface area contributed by atoms with Gasteiger partial charge < -0.3 is 10.4 Å². The Bertz CT molecular complexity index is 1710. The molecule has 14 heteroatoms. The molecule has 1 aliphatic heterocycles. The van der Waals surface area contributed by atoms with E-state index in [1.807, 2.05) is 19.9 Å². The van der Waals surface area contributed by atoms with E-state index in [9.17, 15) is 27.9 Å². The lowest BCUT2D eigenvalue weighted by atomic mass is 10.0. The van der Waals surface area contributed by atoms with Crippen LogP contribution in [0.15, 0.2) is 43.0 Å². The van der Waals surface area contributed by atoms with Gasteiger partial charge in [0.1, 0.15) is 5.82 Å². The third-order valence-corrected chi connectivity index (χ3v) is 7.46. The predicted molar refractivity (Wildman–Crippen MR) is 153 cm³/mol. The molecule has 0 bridgehead atoms. The number of anilines is 2. The minimum Gasteiger partial charge on any atom is -0.387 e. The average Bonchev–Trinajstić information content (AvgIpc) is 3.62. The maximum Gasteiger partial charge on any atom is 0.276 e. The van der Waals surface area contributed by atoms with Gasteiger partial charge in [-0.1, -0.05) is 17.7 Å². The zero-order valence-electron chi connectivity index (χ0n) is 23.4. The number of hydrogen-bond acceptors (Lipinski definition) is 7. The standard InChI is InChI=1S/C29H27ClF3N7O3/c1-14-9-17(10-35-28(14)39-8-4-5-22(39)42)15(2)40-13-18(11-36-40)37-29(43)26-25(16(3)41)34-12-21(38-26)23-19(27(32)33)6-7-20(30)24(23)31/h6-7,9-13,15-16,27,41H,4-5,8H2,1-3H3,(H,37,43). The normalized spacial score (nSPS) is 14.8. The van der Waals surface area contributed by atoms with Gasteiger partial charge in [0, 0.05) is 36.5 Å². The number of pyridine rings is 1. The highest BCUT2D eigenvalue weighted by molar-refractivity contribution is 6.31. The number of aliphatic hydroxyl groups is 1. The van der Waals surface area contributed by atoms with E-state index in [1.54, 1.807) is 22.0 Å². The molecule has 0 radical (unpaired) electrons. The third-order valence-electron chi connectivity index (χ3n) is 7.17. The predicted octanol–water partition coefficient (Wildman–Crippen LogP) is 5.82. The Morgan fingerprint density at radius 3 is 2.58 bits per heavy atom. The Kier molecular flexibility index (Phi) is 8.47. The summed E-state index contributed by atoms with van der Waals surface area (Å²) in [5, 5.41) is 16.8. The molecule has 3 aromatic heterocycles. The molecule has 2 N–H and O–H groups in total. The third kappa shape index (κ3) is 5.95. The van der Waals surface area contributed by atoms with Gasteiger partial charge in [-0.25, -0.2) is 23.1 Å². The highest BCUT2D eigenvalue weighted by Crippen LogP contribution is 2.36. The molecule has 4 heterocycles. The molecule has 1 aliphatic rings. The summed E-state index contributed by atoms with van der Waals surface area (Å²) in [6.45, 7) is 5.75. The first-order chi connectivity index (χ1) is 20.5. The van der Waals surface area contributed by atoms with Crippen LogP contribution < -0.4 is 10.2 Å². The lowest BCUT2D eigenvalue weighted by Gasteiger charge is -2.19. The Morgan fingerprint density at radius 1 is 1.16 bits per heavy atom. The van der Waals surface area contributed by atoms with Crippen LogP contribution in [0.1, 0.15) is 78.1 Å². The molecule has 224 valence electrons. The molecule has 2 unspecified atom stereocenters. The second-order valence-electron chi connectivity index (χ2n) is 10.2. The number of nitrogens with one attached hydrogen (secondary N) is 1. The minimum absolute atomic E-state index is 0.0463. The van der Waals surface area contributed by atoms with Gasteiger partial charge in [0.05, 0.1) is 46.6 Å². The van der Waals surface area contributed by atoms with E-state index in [1.165, 1.54) is 13.1 Å². The summed E-state index contributed by atoms with van der Waals surface area (Å²) >= 11 is 5.84. The van der Waals surface area contributed by atoms with Crippen molar-refractivity contribution >= 4 is 34.9 Å². The van der Waals surface area contributed by atoms with Crippen molar-refractivity contribution < 1.29 is 27.9 Å². The molecule has 43 heavy (non-hydrogen) atoms. The van der Waals surface area contributed by atoms with Crippen LogP contribution in [0.2, 0.25) is 5.02 Å². The van der Waals surface area contributed by atoms with Crippen molar-refractivity contribution in [3.8, 4) is 11.3 Å². The van der Waals surface area contributed by atoms with Crippen molar-refractivity contribution in [3.63, 3.8) is 0 Å². The fraction of sp³-hybridized carbons (Fsp3) is 0.310. The first-order valence-electron chi connectivity index (χ1n) is 13.4. The van der Waals surface area contributed by atoms with E-state index < -0.39 is 40.4 Å².